The van der Waals surface area contributed by atoms with Gasteiger partial charge in [-0.1, -0.05) is 19.3 Å². The van der Waals surface area contributed by atoms with E-state index >= 15 is 0 Å². The lowest BCUT2D eigenvalue weighted by Gasteiger charge is -2.22. The lowest BCUT2D eigenvalue weighted by atomic mass is 9.96. The Hall–Kier alpha value is -1.63. The molecule has 2 rings (SSSR count). The van der Waals surface area contributed by atoms with Crippen LogP contribution in [0.4, 0.5) is 4.79 Å². The molecule has 1 aromatic heterocycles. The molecule has 1 aliphatic carbocycles. The minimum absolute atomic E-state index is 0.0356. The van der Waals surface area contributed by atoms with Gasteiger partial charge in [-0.15, -0.1) is 0 Å². The highest BCUT2D eigenvalue weighted by Crippen LogP contribution is 2.17. The van der Waals surface area contributed by atoms with Crippen LogP contribution in [0.15, 0.2) is 22.8 Å². The van der Waals surface area contributed by atoms with Gasteiger partial charge in [0.05, 0.1) is 12.0 Å². The van der Waals surface area contributed by atoms with E-state index in [4.69, 9.17) is 4.42 Å². The molecule has 3 N–H and O–H groups in total. The van der Waals surface area contributed by atoms with Crippen LogP contribution in [0.1, 0.15) is 44.3 Å². The Morgan fingerprint density at radius 2 is 2.00 bits per heavy atom. The summed E-state index contributed by atoms with van der Waals surface area (Å²) in [6, 6.07) is 3.94. The van der Waals surface area contributed by atoms with Crippen LogP contribution in [0.3, 0.4) is 0 Å². The molecule has 1 heterocycles. The van der Waals surface area contributed by atoms with Crippen LogP contribution in [-0.4, -0.2) is 36.8 Å². The van der Waals surface area contributed by atoms with Gasteiger partial charge in [-0.05, 0) is 25.0 Å². The molecule has 1 aliphatic rings. The highest BCUT2D eigenvalue weighted by molar-refractivity contribution is 7.98. The van der Waals surface area contributed by atoms with Crippen molar-refractivity contribution in [1.29, 1.82) is 0 Å². The molecule has 134 valence electrons. The van der Waals surface area contributed by atoms with Crippen molar-refractivity contribution in [1.82, 2.24) is 16.0 Å². The van der Waals surface area contributed by atoms with Crippen LogP contribution < -0.4 is 16.0 Å². The fourth-order valence-corrected chi connectivity index (χ4v) is 3.45. The first-order chi connectivity index (χ1) is 11.7. The average molecular weight is 353 g/mol. The molecule has 0 aliphatic heterocycles. The number of carbonyl (C=O) groups excluding carboxylic acids is 2. The minimum atomic E-state index is -0.163. The molecule has 0 spiro atoms. The molecule has 7 heteroatoms. The molecule has 1 fully saturated rings. The summed E-state index contributed by atoms with van der Waals surface area (Å²) in [5.41, 5.74) is 0. The Kier molecular flexibility index (Phi) is 8.59. The number of urea groups is 1. The summed E-state index contributed by atoms with van der Waals surface area (Å²) in [6.45, 7) is 0.988. The van der Waals surface area contributed by atoms with E-state index in [9.17, 15) is 9.59 Å². The fraction of sp³-hybridized carbons (Fsp3) is 0.647. The van der Waals surface area contributed by atoms with Crippen molar-refractivity contribution in [3.05, 3.63) is 24.2 Å². The van der Waals surface area contributed by atoms with Gasteiger partial charge in [0.1, 0.15) is 5.76 Å². The van der Waals surface area contributed by atoms with E-state index in [-0.39, 0.29) is 11.9 Å². The zero-order valence-corrected chi connectivity index (χ0v) is 14.8. The van der Waals surface area contributed by atoms with E-state index in [0.29, 0.717) is 25.6 Å². The van der Waals surface area contributed by atoms with Crippen molar-refractivity contribution < 1.29 is 14.0 Å². The maximum atomic E-state index is 11.7. The number of hydrogen-bond acceptors (Lipinski definition) is 4. The molecule has 1 aromatic rings. The van der Waals surface area contributed by atoms with Crippen molar-refractivity contribution in [3.63, 3.8) is 0 Å². The second-order valence-electron chi connectivity index (χ2n) is 5.97. The highest BCUT2D eigenvalue weighted by atomic mass is 32.2. The largest absolute Gasteiger partial charge is 0.468 e. The first-order valence-electron chi connectivity index (χ1n) is 8.65. The van der Waals surface area contributed by atoms with Crippen LogP contribution in [-0.2, 0) is 10.5 Å². The van der Waals surface area contributed by atoms with Gasteiger partial charge in [0.2, 0.25) is 5.91 Å². The monoisotopic (exact) mass is 353 g/mol. The van der Waals surface area contributed by atoms with Gasteiger partial charge in [0.15, 0.2) is 0 Å². The lowest BCUT2D eigenvalue weighted by Crippen LogP contribution is -2.43. The van der Waals surface area contributed by atoms with Crippen LogP contribution in [0.2, 0.25) is 0 Å². The van der Waals surface area contributed by atoms with Gasteiger partial charge in [-0.3, -0.25) is 4.79 Å². The van der Waals surface area contributed by atoms with Gasteiger partial charge in [0.25, 0.3) is 0 Å². The number of amides is 3. The Morgan fingerprint density at radius 1 is 1.17 bits per heavy atom. The van der Waals surface area contributed by atoms with Crippen molar-refractivity contribution in [2.24, 2.45) is 0 Å². The molecular weight excluding hydrogens is 326 g/mol. The number of rotatable bonds is 9. The Bertz CT molecular complexity index is 487. The Balaban J connectivity index is 1.43. The summed E-state index contributed by atoms with van der Waals surface area (Å²) in [7, 11) is 0. The second kappa shape index (κ2) is 11.0. The molecular formula is C17H27N3O3S. The quantitative estimate of drug-likeness (QED) is 0.596. The third-order valence-corrected chi connectivity index (χ3v) is 4.95. The van der Waals surface area contributed by atoms with Crippen molar-refractivity contribution >= 4 is 23.7 Å². The van der Waals surface area contributed by atoms with Gasteiger partial charge >= 0.3 is 6.03 Å². The van der Waals surface area contributed by atoms with E-state index in [1.54, 1.807) is 18.0 Å². The van der Waals surface area contributed by atoms with E-state index in [1.807, 2.05) is 12.1 Å². The first kappa shape index (κ1) is 18.7. The van der Waals surface area contributed by atoms with Gasteiger partial charge in [0, 0.05) is 31.3 Å². The number of carbonyl (C=O) groups is 2. The van der Waals surface area contributed by atoms with Crippen LogP contribution in [0.5, 0.6) is 0 Å². The first-order valence-corrected chi connectivity index (χ1v) is 9.80. The molecule has 3 amide bonds. The number of nitrogens with one attached hydrogen (secondary N) is 3. The summed E-state index contributed by atoms with van der Waals surface area (Å²) in [6.07, 6.45) is 7.72. The van der Waals surface area contributed by atoms with E-state index < -0.39 is 0 Å². The smallest absolute Gasteiger partial charge is 0.315 e. The summed E-state index contributed by atoms with van der Waals surface area (Å²) in [5.74, 6) is 2.56. The van der Waals surface area contributed by atoms with Gasteiger partial charge < -0.3 is 20.4 Å². The molecule has 0 aromatic carbocycles. The molecule has 0 unspecified atom stereocenters. The summed E-state index contributed by atoms with van der Waals surface area (Å²) < 4.78 is 5.24. The predicted octanol–water partition coefficient (Wildman–Crippen LogP) is 2.65. The summed E-state index contributed by atoms with van der Waals surface area (Å²) >= 11 is 1.71. The highest BCUT2D eigenvalue weighted by Gasteiger charge is 2.15. The second-order valence-corrected chi connectivity index (χ2v) is 7.07. The topological polar surface area (TPSA) is 83.4 Å². The molecule has 1 saturated carbocycles. The van der Waals surface area contributed by atoms with Crippen molar-refractivity contribution in [3.8, 4) is 0 Å². The summed E-state index contributed by atoms with van der Waals surface area (Å²) in [5, 5.41) is 8.58. The van der Waals surface area contributed by atoms with Crippen molar-refractivity contribution in [2.75, 3.05) is 18.8 Å². The van der Waals surface area contributed by atoms with Gasteiger partial charge in [-0.2, -0.15) is 11.8 Å². The normalized spacial score (nSPS) is 15.0. The molecule has 0 saturated heterocycles. The van der Waals surface area contributed by atoms with Crippen LogP contribution >= 0.6 is 11.8 Å². The standard InChI is InChI=1S/C17H27N3O3S/c21-16(18-10-12-24-13-15-7-4-11-23-15)8-9-19-17(22)20-14-5-2-1-3-6-14/h4,7,11,14H,1-3,5-6,8-10,12-13H2,(H,18,21)(H2,19,20,22). The molecule has 0 radical (unpaired) electrons. The van der Waals surface area contributed by atoms with Gasteiger partial charge in [-0.25, -0.2) is 4.79 Å². The molecule has 6 nitrogen and oxygen atoms in total. The summed E-state index contributed by atoms with van der Waals surface area (Å²) in [4.78, 5) is 23.4. The molecule has 0 atom stereocenters. The zero-order valence-electron chi connectivity index (χ0n) is 14.0. The maximum absolute atomic E-state index is 11.7. The van der Waals surface area contributed by atoms with Crippen molar-refractivity contribution in [2.45, 2.75) is 50.3 Å². The van der Waals surface area contributed by atoms with E-state index in [2.05, 4.69) is 16.0 Å². The zero-order chi connectivity index (χ0) is 17.0. The number of thioether (sulfide) groups is 1. The third kappa shape index (κ3) is 7.77. The number of furan rings is 1. The van der Waals surface area contributed by atoms with E-state index in [1.165, 1.54) is 19.3 Å². The Morgan fingerprint density at radius 3 is 2.75 bits per heavy atom. The van der Waals surface area contributed by atoms with Crippen LogP contribution in [0.25, 0.3) is 0 Å². The molecule has 0 bridgehead atoms. The van der Waals surface area contributed by atoms with Crippen LogP contribution in [0, 0.1) is 0 Å². The fourth-order valence-electron chi connectivity index (χ4n) is 2.69. The molecule has 24 heavy (non-hydrogen) atoms. The third-order valence-electron chi connectivity index (χ3n) is 3.97. The maximum Gasteiger partial charge on any atom is 0.315 e. The van der Waals surface area contributed by atoms with E-state index in [0.717, 1.165) is 30.1 Å². The SMILES string of the molecule is O=C(CCNC(=O)NC1CCCCC1)NCCSCc1ccco1. The average Bonchev–Trinajstić information content (AvgIpc) is 3.09. The Labute approximate surface area is 147 Å². The minimum Gasteiger partial charge on any atom is -0.468 e. The lowest BCUT2D eigenvalue weighted by molar-refractivity contribution is -0.120. The number of hydrogen-bond donors (Lipinski definition) is 3. The predicted molar refractivity (Wildman–Crippen MR) is 95.9 cm³/mol.